The number of hydrogen-bond donors (Lipinski definition) is 1. The van der Waals surface area contributed by atoms with E-state index < -0.39 is 15.8 Å². The quantitative estimate of drug-likeness (QED) is 0.943. The second-order valence-electron chi connectivity index (χ2n) is 3.90. The molecule has 3 nitrogen and oxygen atoms in total. The van der Waals surface area contributed by atoms with Crippen LogP contribution in [-0.4, -0.2) is 8.42 Å². The van der Waals surface area contributed by atoms with Crippen molar-refractivity contribution in [2.75, 3.05) is 0 Å². The SMILES string of the molecule is O=S(=O)(NCc1ccc(Cl)cc1)c1ccc(F)cc1. The highest BCUT2D eigenvalue weighted by Gasteiger charge is 2.13. The molecule has 0 saturated heterocycles. The predicted molar refractivity (Wildman–Crippen MR) is 71.9 cm³/mol. The standard InChI is InChI=1S/C13H11ClFNO2S/c14-11-3-1-10(2-4-11)9-16-19(17,18)13-7-5-12(15)6-8-13/h1-8,16H,9H2. The van der Waals surface area contributed by atoms with Crippen molar-refractivity contribution in [2.24, 2.45) is 0 Å². The molecule has 0 fully saturated rings. The third-order valence-corrected chi connectivity index (χ3v) is 4.17. The summed E-state index contributed by atoms with van der Waals surface area (Å²) in [6, 6.07) is 11.5. The zero-order chi connectivity index (χ0) is 13.9. The van der Waals surface area contributed by atoms with Gasteiger partial charge in [-0.2, -0.15) is 0 Å². The molecule has 0 atom stereocenters. The summed E-state index contributed by atoms with van der Waals surface area (Å²) >= 11 is 5.74. The summed E-state index contributed by atoms with van der Waals surface area (Å²) in [4.78, 5) is 0.0304. The van der Waals surface area contributed by atoms with Crippen LogP contribution in [0.1, 0.15) is 5.56 Å². The Kier molecular flexibility index (Phi) is 4.19. The summed E-state index contributed by atoms with van der Waals surface area (Å²) in [7, 11) is -3.64. The summed E-state index contributed by atoms with van der Waals surface area (Å²) in [5.74, 6) is -0.475. The summed E-state index contributed by atoms with van der Waals surface area (Å²) in [6.45, 7) is 0.150. The van der Waals surface area contributed by atoms with Crippen molar-refractivity contribution in [3.63, 3.8) is 0 Å². The lowest BCUT2D eigenvalue weighted by Gasteiger charge is -2.07. The molecular formula is C13H11ClFNO2S. The average Bonchev–Trinajstić information content (AvgIpc) is 2.39. The maximum Gasteiger partial charge on any atom is 0.240 e. The second kappa shape index (κ2) is 5.69. The third-order valence-electron chi connectivity index (χ3n) is 2.50. The van der Waals surface area contributed by atoms with Gasteiger partial charge in [0.2, 0.25) is 10.0 Å². The highest BCUT2D eigenvalue weighted by molar-refractivity contribution is 7.89. The second-order valence-corrected chi connectivity index (χ2v) is 6.11. The van der Waals surface area contributed by atoms with Gasteiger partial charge in [-0.05, 0) is 42.0 Å². The van der Waals surface area contributed by atoms with Gasteiger partial charge in [0.05, 0.1) is 4.90 Å². The van der Waals surface area contributed by atoms with Gasteiger partial charge in [0, 0.05) is 11.6 Å². The summed E-state index contributed by atoms with van der Waals surface area (Å²) in [5, 5.41) is 0.588. The van der Waals surface area contributed by atoms with Crippen LogP contribution in [0.2, 0.25) is 5.02 Å². The van der Waals surface area contributed by atoms with E-state index in [0.717, 1.165) is 17.7 Å². The first-order chi connectivity index (χ1) is 8.97. The first kappa shape index (κ1) is 14.0. The van der Waals surface area contributed by atoms with Crippen LogP contribution in [-0.2, 0) is 16.6 Å². The van der Waals surface area contributed by atoms with E-state index in [1.54, 1.807) is 24.3 Å². The van der Waals surface area contributed by atoms with Crippen molar-refractivity contribution in [3.8, 4) is 0 Å². The summed E-state index contributed by atoms with van der Waals surface area (Å²) in [6.07, 6.45) is 0. The molecular weight excluding hydrogens is 289 g/mol. The predicted octanol–water partition coefficient (Wildman–Crippen LogP) is 2.96. The van der Waals surface area contributed by atoms with E-state index in [9.17, 15) is 12.8 Å². The molecule has 0 aliphatic rings. The lowest BCUT2D eigenvalue weighted by Crippen LogP contribution is -2.23. The number of halogens is 2. The first-order valence-corrected chi connectivity index (χ1v) is 7.33. The molecule has 0 spiro atoms. The minimum absolute atomic E-state index is 0.0304. The smallest absolute Gasteiger partial charge is 0.207 e. The Morgan fingerprint density at radius 3 is 2.16 bits per heavy atom. The fourth-order valence-corrected chi connectivity index (χ4v) is 2.62. The van der Waals surface area contributed by atoms with Gasteiger partial charge in [-0.15, -0.1) is 0 Å². The molecule has 6 heteroatoms. The number of nitrogens with one attached hydrogen (secondary N) is 1. The molecule has 0 aromatic heterocycles. The van der Waals surface area contributed by atoms with Gasteiger partial charge in [-0.1, -0.05) is 23.7 Å². The molecule has 100 valence electrons. The van der Waals surface area contributed by atoms with E-state index in [0.29, 0.717) is 5.02 Å². The highest BCUT2D eigenvalue weighted by atomic mass is 35.5. The molecule has 2 aromatic rings. The van der Waals surface area contributed by atoms with Crippen molar-refractivity contribution in [1.29, 1.82) is 0 Å². The van der Waals surface area contributed by atoms with Crippen molar-refractivity contribution >= 4 is 21.6 Å². The largest absolute Gasteiger partial charge is 0.240 e. The average molecular weight is 300 g/mol. The van der Waals surface area contributed by atoms with Crippen LogP contribution in [0.4, 0.5) is 4.39 Å². The van der Waals surface area contributed by atoms with Crippen LogP contribution in [0.25, 0.3) is 0 Å². The van der Waals surface area contributed by atoms with Gasteiger partial charge in [-0.25, -0.2) is 17.5 Å². The molecule has 0 radical (unpaired) electrons. The van der Waals surface area contributed by atoms with Crippen molar-refractivity contribution < 1.29 is 12.8 Å². The molecule has 0 heterocycles. The molecule has 1 N–H and O–H groups in total. The van der Waals surface area contributed by atoms with Gasteiger partial charge >= 0.3 is 0 Å². The van der Waals surface area contributed by atoms with E-state index in [1.807, 2.05) is 0 Å². The number of sulfonamides is 1. The van der Waals surface area contributed by atoms with E-state index in [2.05, 4.69) is 4.72 Å². The maximum absolute atomic E-state index is 12.7. The Balaban J connectivity index is 2.09. The van der Waals surface area contributed by atoms with Crippen LogP contribution in [0.5, 0.6) is 0 Å². The molecule has 19 heavy (non-hydrogen) atoms. The molecule has 0 aliphatic heterocycles. The Bertz CT molecular complexity index is 654. The molecule has 0 aliphatic carbocycles. The summed E-state index contributed by atoms with van der Waals surface area (Å²) in [5.41, 5.74) is 0.787. The van der Waals surface area contributed by atoms with Crippen molar-refractivity contribution in [2.45, 2.75) is 11.4 Å². The van der Waals surface area contributed by atoms with Gasteiger partial charge < -0.3 is 0 Å². The monoisotopic (exact) mass is 299 g/mol. The molecule has 0 bridgehead atoms. The number of rotatable bonds is 4. The zero-order valence-electron chi connectivity index (χ0n) is 9.81. The lowest BCUT2D eigenvalue weighted by atomic mass is 10.2. The lowest BCUT2D eigenvalue weighted by molar-refractivity contribution is 0.580. The molecule has 2 aromatic carbocycles. The van der Waals surface area contributed by atoms with E-state index in [1.165, 1.54) is 12.1 Å². The third kappa shape index (κ3) is 3.76. The normalized spacial score (nSPS) is 11.5. The Labute approximate surface area is 116 Å². The van der Waals surface area contributed by atoms with Crippen molar-refractivity contribution in [1.82, 2.24) is 4.72 Å². The highest BCUT2D eigenvalue weighted by Crippen LogP contribution is 2.12. The van der Waals surface area contributed by atoms with Crippen molar-refractivity contribution in [3.05, 3.63) is 64.9 Å². The first-order valence-electron chi connectivity index (χ1n) is 5.47. The Morgan fingerprint density at radius 1 is 1.00 bits per heavy atom. The van der Waals surface area contributed by atoms with Crippen LogP contribution in [0.3, 0.4) is 0 Å². The van der Waals surface area contributed by atoms with Crippen LogP contribution in [0.15, 0.2) is 53.4 Å². The fraction of sp³-hybridized carbons (Fsp3) is 0.0769. The minimum Gasteiger partial charge on any atom is -0.207 e. The van der Waals surface area contributed by atoms with E-state index in [4.69, 9.17) is 11.6 Å². The Morgan fingerprint density at radius 2 is 1.58 bits per heavy atom. The Hall–Kier alpha value is -1.43. The van der Waals surface area contributed by atoms with Gasteiger partial charge in [-0.3, -0.25) is 0 Å². The van der Waals surface area contributed by atoms with Gasteiger partial charge in [0.25, 0.3) is 0 Å². The van der Waals surface area contributed by atoms with Crippen LogP contribution < -0.4 is 4.72 Å². The van der Waals surface area contributed by atoms with E-state index in [-0.39, 0.29) is 11.4 Å². The van der Waals surface area contributed by atoms with E-state index >= 15 is 0 Å². The maximum atomic E-state index is 12.7. The molecule has 0 saturated carbocycles. The summed E-state index contributed by atoms with van der Waals surface area (Å²) < 4.78 is 39.0. The van der Waals surface area contributed by atoms with Crippen LogP contribution >= 0.6 is 11.6 Å². The minimum atomic E-state index is -3.64. The molecule has 2 rings (SSSR count). The zero-order valence-corrected chi connectivity index (χ0v) is 11.4. The fourth-order valence-electron chi connectivity index (χ4n) is 1.48. The van der Waals surface area contributed by atoms with Gasteiger partial charge in [0.15, 0.2) is 0 Å². The number of hydrogen-bond acceptors (Lipinski definition) is 2. The topological polar surface area (TPSA) is 46.2 Å². The molecule has 0 unspecified atom stereocenters. The molecule has 0 amide bonds. The van der Waals surface area contributed by atoms with Crippen LogP contribution in [0, 0.1) is 5.82 Å². The number of benzene rings is 2. The van der Waals surface area contributed by atoms with Gasteiger partial charge in [0.1, 0.15) is 5.82 Å².